The standard InChI is InChI=1S/C25H30N4O2/c1-19-14-20(2)29(26-19)18-21-6-4-8-23(15-21)25(30)28-12-10-27(11-13-28)17-22-7-5-9-24(16-22)31-3/h4-9,14-16H,10-13,17-18H2,1-3H3. The monoisotopic (exact) mass is 418 g/mol. The Bertz CT molecular complexity index is 1050. The van der Waals surface area contributed by atoms with E-state index in [0.29, 0.717) is 6.54 Å². The van der Waals surface area contributed by atoms with Gasteiger partial charge in [-0.15, -0.1) is 0 Å². The highest BCUT2D eigenvalue weighted by molar-refractivity contribution is 5.94. The van der Waals surface area contributed by atoms with Gasteiger partial charge in [-0.3, -0.25) is 14.4 Å². The molecule has 162 valence electrons. The molecule has 0 unspecified atom stereocenters. The fourth-order valence-corrected chi connectivity index (χ4v) is 4.13. The van der Waals surface area contributed by atoms with Crippen molar-refractivity contribution in [3.8, 4) is 5.75 Å². The molecule has 6 heteroatoms. The average molecular weight is 419 g/mol. The predicted molar refractivity (Wildman–Crippen MR) is 121 cm³/mol. The maximum Gasteiger partial charge on any atom is 0.253 e. The first-order valence-electron chi connectivity index (χ1n) is 10.8. The molecular weight excluding hydrogens is 388 g/mol. The van der Waals surface area contributed by atoms with Crippen LogP contribution in [0.25, 0.3) is 0 Å². The molecule has 4 rings (SSSR count). The van der Waals surface area contributed by atoms with Gasteiger partial charge in [0.05, 0.1) is 19.3 Å². The predicted octanol–water partition coefficient (Wildman–Crippen LogP) is 3.51. The van der Waals surface area contributed by atoms with Crippen LogP contribution in [0.3, 0.4) is 0 Å². The van der Waals surface area contributed by atoms with E-state index in [2.05, 4.69) is 41.2 Å². The van der Waals surface area contributed by atoms with Gasteiger partial charge in [-0.2, -0.15) is 5.10 Å². The zero-order valence-corrected chi connectivity index (χ0v) is 18.5. The number of amides is 1. The van der Waals surface area contributed by atoms with Crippen LogP contribution in [0, 0.1) is 13.8 Å². The summed E-state index contributed by atoms with van der Waals surface area (Å²) in [5.41, 5.74) is 5.21. The molecule has 31 heavy (non-hydrogen) atoms. The van der Waals surface area contributed by atoms with E-state index in [1.807, 2.05) is 46.8 Å². The van der Waals surface area contributed by atoms with Crippen molar-refractivity contribution in [2.24, 2.45) is 0 Å². The second kappa shape index (κ2) is 9.35. The van der Waals surface area contributed by atoms with E-state index in [1.165, 1.54) is 5.56 Å². The molecule has 0 aliphatic carbocycles. The van der Waals surface area contributed by atoms with Gasteiger partial charge < -0.3 is 9.64 Å². The van der Waals surface area contributed by atoms with E-state index in [9.17, 15) is 4.79 Å². The largest absolute Gasteiger partial charge is 0.497 e. The summed E-state index contributed by atoms with van der Waals surface area (Å²) in [7, 11) is 1.69. The molecular formula is C25H30N4O2. The minimum atomic E-state index is 0.108. The number of methoxy groups -OCH3 is 1. The van der Waals surface area contributed by atoms with E-state index >= 15 is 0 Å². The van der Waals surface area contributed by atoms with E-state index in [0.717, 1.165) is 61.0 Å². The molecule has 2 aromatic carbocycles. The minimum absolute atomic E-state index is 0.108. The number of hydrogen-bond donors (Lipinski definition) is 0. The van der Waals surface area contributed by atoms with Crippen LogP contribution in [0.4, 0.5) is 0 Å². The molecule has 1 fully saturated rings. The minimum Gasteiger partial charge on any atom is -0.497 e. The SMILES string of the molecule is COc1cccc(CN2CCN(C(=O)c3cccc(Cn4nc(C)cc4C)c3)CC2)c1. The van der Waals surface area contributed by atoms with E-state index in [-0.39, 0.29) is 5.91 Å². The third-order valence-corrected chi connectivity index (χ3v) is 5.81. The van der Waals surface area contributed by atoms with Crippen LogP contribution in [-0.2, 0) is 13.1 Å². The van der Waals surface area contributed by atoms with Gasteiger partial charge in [0.1, 0.15) is 5.75 Å². The number of benzene rings is 2. The van der Waals surface area contributed by atoms with Gasteiger partial charge in [0.25, 0.3) is 5.91 Å². The summed E-state index contributed by atoms with van der Waals surface area (Å²) in [6, 6.07) is 18.2. The smallest absolute Gasteiger partial charge is 0.253 e. The first-order chi connectivity index (χ1) is 15.0. The van der Waals surface area contributed by atoms with Gasteiger partial charge >= 0.3 is 0 Å². The summed E-state index contributed by atoms with van der Waals surface area (Å²) in [5.74, 6) is 0.989. The molecule has 1 aliphatic heterocycles. The van der Waals surface area contributed by atoms with E-state index in [1.54, 1.807) is 7.11 Å². The van der Waals surface area contributed by atoms with Gasteiger partial charge in [0, 0.05) is 44.0 Å². The van der Waals surface area contributed by atoms with Crippen molar-refractivity contribution >= 4 is 5.91 Å². The molecule has 0 spiro atoms. The lowest BCUT2D eigenvalue weighted by molar-refractivity contribution is 0.0628. The second-order valence-electron chi connectivity index (χ2n) is 8.21. The van der Waals surface area contributed by atoms with Crippen LogP contribution in [0.5, 0.6) is 5.75 Å². The van der Waals surface area contributed by atoms with Gasteiger partial charge in [-0.1, -0.05) is 24.3 Å². The number of aromatic nitrogens is 2. The number of rotatable bonds is 6. The van der Waals surface area contributed by atoms with E-state index in [4.69, 9.17) is 4.74 Å². The Morgan fingerprint density at radius 2 is 1.65 bits per heavy atom. The number of carbonyl (C=O) groups is 1. The van der Waals surface area contributed by atoms with Crippen LogP contribution in [0.1, 0.15) is 32.9 Å². The van der Waals surface area contributed by atoms with Crippen molar-refractivity contribution in [1.29, 1.82) is 0 Å². The fourth-order valence-electron chi connectivity index (χ4n) is 4.13. The highest BCUT2D eigenvalue weighted by atomic mass is 16.5. The number of ether oxygens (including phenoxy) is 1. The maximum absolute atomic E-state index is 13.1. The third-order valence-electron chi connectivity index (χ3n) is 5.81. The molecule has 3 aromatic rings. The highest BCUT2D eigenvalue weighted by Gasteiger charge is 2.22. The summed E-state index contributed by atoms with van der Waals surface area (Å²) < 4.78 is 7.30. The van der Waals surface area contributed by atoms with Crippen LogP contribution in [0.15, 0.2) is 54.6 Å². The summed E-state index contributed by atoms with van der Waals surface area (Å²) >= 11 is 0. The van der Waals surface area contributed by atoms with Crippen molar-refractivity contribution < 1.29 is 9.53 Å². The molecule has 6 nitrogen and oxygen atoms in total. The van der Waals surface area contributed by atoms with Crippen molar-refractivity contribution in [1.82, 2.24) is 19.6 Å². The number of carbonyl (C=O) groups excluding carboxylic acids is 1. The fraction of sp³-hybridized carbons (Fsp3) is 0.360. The van der Waals surface area contributed by atoms with Crippen molar-refractivity contribution in [2.75, 3.05) is 33.3 Å². The number of aryl methyl sites for hydroxylation is 2. The normalized spacial score (nSPS) is 14.6. The van der Waals surface area contributed by atoms with Gasteiger partial charge in [-0.25, -0.2) is 0 Å². The van der Waals surface area contributed by atoms with Gasteiger partial charge in [0.2, 0.25) is 0 Å². The zero-order valence-electron chi connectivity index (χ0n) is 18.5. The Kier molecular flexibility index (Phi) is 6.37. The highest BCUT2D eigenvalue weighted by Crippen LogP contribution is 2.17. The quantitative estimate of drug-likeness (QED) is 0.615. The lowest BCUT2D eigenvalue weighted by Gasteiger charge is -2.35. The molecule has 1 amide bonds. The van der Waals surface area contributed by atoms with Crippen LogP contribution in [0.2, 0.25) is 0 Å². The summed E-state index contributed by atoms with van der Waals surface area (Å²) in [6.45, 7) is 8.82. The zero-order chi connectivity index (χ0) is 21.8. The number of hydrogen-bond acceptors (Lipinski definition) is 4. The Hall–Kier alpha value is -3.12. The van der Waals surface area contributed by atoms with Crippen molar-refractivity contribution in [3.05, 3.63) is 82.7 Å². The topological polar surface area (TPSA) is 50.6 Å². The van der Waals surface area contributed by atoms with Crippen molar-refractivity contribution in [2.45, 2.75) is 26.9 Å². The number of piperazine rings is 1. The Balaban J connectivity index is 1.35. The Labute approximate surface area is 184 Å². The first-order valence-corrected chi connectivity index (χ1v) is 10.8. The molecule has 1 saturated heterocycles. The van der Waals surface area contributed by atoms with Crippen molar-refractivity contribution in [3.63, 3.8) is 0 Å². The lowest BCUT2D eigenvalue weighted by Crippen LogP contribution is -2.48. The Morgan fingerprint density at radius 3 is 2.32 bits per heavy atom. The molecule has 0 saturated carbocycles. The third kappa shape index (κ3) is 5.14. The Morgan fingerprint density at radius 1 is 0.935 bits per heavy atom. The average Bonchev–Trinajstić information content (AvgIpc) is 3.10. The van der Waals surface area contributed by atoms with E-state index < -0.39 is 0 Å². The van der Waals surface area contributed by atoms with Crippen LogP contribution in [-0.4, -0.2) is 58.8 Å². The molecule has 1 aromatic heterocycles. The molecule has 0 N–H and O–H groups in total. The van der Waals surface area contributed by atoms with Gasteiger partial charge in [-0.05, 0) is 55.3 Å². The number of nitrogens with zero attached hydrogens (tertiary/aromatic N) is 4. The molecule has 2 heterocycles. The van der Waals surface area contributed by atoms with Crippen LogP contribution >= 0.6 is 0 Å². The maximum atomic E-state index is 13.1. The van der Waals surface area contributed by atoms with Crippen LogP contribution < -0.4 is 4.74 Å². The molecule has 1 aliphatic rings. The summed E-state index contributed by atoms with van der Waals surface area (Å²) in [4.78, 5) is 17.4. The summed E-state index contributed by atoms with van der Waals surface area (Å²) in [6.07, 6.45) is 0. The molecule has 0 atom stereocenters. The lowest BCUT2D eigenvalue weighted by atomic mass is 10.1. The van der Waals surface area contributed by atoms with Gasteiger partial charge in [0.15, 0.2) is 0 Å². The molecule has 0 radical (unpaired) electrons. The first kappa shape index (κ1) is 21.1. The molecule has 0 bridgehead atoms. The second-order valence-corrected chi connectivity index (χ2v) is 8.21. The summed E-state index contributed by atoms with van der Waals surface area (Å²) in [5, 5.41) is 4.53.